The van der Waals surface area contributed by atoms with Crippen LogP contribution in [0.3, 0.4) is 0 Å². The molecule has 0 unspecified atom stereocenters. The Bertz CT molecular complexity index is 354. The molecule has 0 radical (unpaired) electrons. The molecule has 15 heavy (non-hydrogen) atoms. The Morgan fingerprint density at radius 2 is 2.27 bits per heavy atom. The Morgan fingerprint density at radius 1 is 1.53 bits per heavy atom. The Balaban J connectivity index is 2.81. The summed E-state index contributed by atoms with van der Waals surface area (Å²) in [5.41, 5.74) is 6.28. The van der Waals surface area contributed by atoms with Crippen molar-refractivity contribution in [2.45, 2.75) is 19.8 Å². The molecular formula is C11H14ClNOS. The normalized spacial score (nSPS) is 10.0. The maximum atomic E-state index is 5.85. The third kappa shape index (κ3) is 3.68. The zero-order valence-corrected chi connectivity index (χ0v) is 10.2. The van der Waals surface area contributed by atoms with E-state index in [2.05, 4.69) is 6.92 Å². The number of hydrogen-bond acceptors (Lipinski definition) is 2. The van der Waals surface area contributed by atoms with Gasteiger partial charge in [0.15, 0.2) is 0 Å². The van der Waals surface area contributed by atoms with E-state index >= 15 is 0 Å². The van der Waals surface area contributed by atoms with E-state index in [9.17, 15) is 0 Å². The molecule has 0 aliphatic carbocycles. The molecule has 0 heterocycles. The van der Waals surface area contributed by atoms with Gasteiger partial charge in [-0.2, -0.15) is 0 Å². The van der Waals surface area contributed by atoms with Crippen molar-refractivity contribution in [1.29, 1.82) is 0 Å². The number of halogens is 1. The van der Waals surface area contributed by atoms with E-state index in [0.29, 0.717) is 27.9 Å². The number of ether oxygens (including phenoxy) is 1. The van der Waals surface area contributed by atoms with Crippen molar-refractivity contribution >= 4 is 28.8 Å². The number of nitrogens with two attached hydrogens (primary N) is 1. The fourth-order valence-corrected chi connectivity index (χ4v) is 1.48. The lowest BCUT2D eigenvalue weighted by Crippen LogP contribution is -2.12. The van der Waals surface area contributed by atoms with Crippen LogP contribution in [-0.2, 0) is 0 Å². The monoisotopic (exact) mass is 243 g/mol. The molecule has 2 nitrogen and oxygen atoms in total. The highest BCUT2D eigenvalue weighted by molar-refractivity contribution is 7.80. The van der Waals surface area contributed by atoms with Gasteiger partial charge in [-0.25, -0.2) is 0 Å². The minimum Gasteiger partial charge on any atom is -0.493 e. The summed E-state index contributed by atoms with van der Waals surface area (Å²) in [5, 5.41) is 0.612. The van der Waals surface area contributed by atoms with Gasteiger partial charge in [-0.05, 0) is 24.6 Å². The van der Waals surface area contributed by atoms with Gasteiger partial charge in [0.05, 0.1) is 12.2 Å². The summed E-state index contributed by atoms with van der Waals surface area (Å²) in [6.07, 6.45) is 2.11. The molecule has 0 atom stereocenters. The van der Waals surface area contributed by atoms with Crippen LogP contribution >= 0.6 is 23.8 Å². The second-order valence-corrected chi connectivity index (χ2v) is 4.08. The molecule has 0 saturated heterocycles. The molecule has 0 aliphatic rings. The Hall–Kier alpha value is -0.800. The highest BCUT2D eigenvalue weighted by atomic mass is 35.5. The quantitative estimate of drug-likeness (QED) is 0.637. The molecule has 4 heteroatoms. The third-order valence-electron chi connectivity index (χ3n) is 1.96. The first kappa shape index (κ1) is 12.3. The molecule has 1 rings (SSSR count). The summed E-state index contributed by atoms with van der Waals surface area (Å²) in [5.74, 6) is 0.709. The fourth-order valence-electron chi connectivity index (χ4n) is 1.15. The van der Waals surface area contributed by atoms with Gasteiger partial charge >= 0.3 is 0 Å². The summed E-state index contributed by atoms with van der Waals surface area (Å²) in [6, 6.07) is 5.29. The van der Waals surface area contributed by atoms with Crippen molar-refractivity contribution in [3.8, 4) is 5.75 Å². The van der Waals surface area contributed by atoms with Gasteiger partial charge in [0.1, 0.15) is 10.7 Å². The number of unbranched alkanes of at least 4 members (excludes halogenated alkanes) is 1. The molecular weight excluding hydrogens is 230 g/mol. The minimum absolute atomic E-state index is 0.309. The van der Waals surface area contributed by atoms with Crippen molar-refractivity contribution in [1.82, 2.24) is 0 Å². The van der Waals surface area contributed by atoms with Crippen LogP contribution < -0.4 is 10.5 Å². The van der Waals surface area contributed by atoms with Crippen LogP contribution in [-0.4, -0.2) is 11.6 Å². The first-order valence-electron chi connectivity index (χ1n) is 4.87. The van der Waals surface area contributed by atoms with Crippen molar-refractivity contribution < 1.29 is 4.74 Å². The molecule has 82 valence electrons. The van der Waals surface area contributed by atoms with Gasteiger partial charge in [-0.3, -0.25) is 0 Å². The van der Waals surface area contributed by atoms with E-state index in [1.807, 2.05) is 0 Å². The molecule has 0 spiro atoms. The van der Waals surface area contributed by atoms with Crippen LogP contribution in [0.2, 0.25) is 5.02 Å². The zero-order valence-electron chi connectivity index (χ0n) is 8.63. The van der Waals surface area contributed by atoms with E-state index in [0.717, 1.165) is 12.8 Å². The van der Waals surface area contributed by atoms with Crippen molar-refractivity contribution in [3.63, 3.8) is 0 Å². The van der Waals surface area contributed by atoms with E-state index in [4.69, 9.17) is 34.3 Å². The SMILES string of the molecule is CCCCOc1ccc(Cl)cc1C(N)=S. The molecule has 0 bridgehead atoms. The first-order valence-corrected chi connectivity index (χ1v) is 5.66. The minimum atomic E-state index is 0.309. The average molecular weight is 244 g/mol. The smallest absolute Gasteiger partial charge is 0.129 e. The van der Waals surface area contributed by atoms with Crippen LogP contribution in [0.4, 0.5) is 0 Å². The van der Waals surface area contributed by atoms with E-state index < -0.39 is 0 Å². The fraction of sp³-hybridized carbons (Fsp3) is 0.364. The number of rotatable bonds is 5. The molecule has 0 aliphatic heterocycles. The molecule has 0 aromatic heterocycles. The van der Waals surface area contributed by atoms with E-state index in [-0.39, 0.29) is 0 Å². The highest BCUT2D eigenvalue weighted by Crippen LogP contribution is 2.23. The van der Waals surface area contributed by atoms with Crippen molar-refractivity contribution in [2.75, 3.05) is 6.61 Å². The topological polar surface area (TPSA) is 35.2 Å². The maximum absolute atomic E-state index is 5.85. The lowest BCUT2D eigenvalue weighted by atomic mass is 10.2. The van der Waals surface area contributed by atoms with Crippen molar-refractivity contribution in [2.24, 2.45) is 5.73 Å². The second-order valence-electron chi connectivity index (χ2n) is 3.21. The average Bonchev–Trinajstić information content (AvgIpc) is 2.20. The summed E-state index contributed by atoms with van der Waals surface area (Å²) >= 11 is 10.8. The predicted molar refractivity (Wildman–Crippen MR) is 67.7 cm³/mol. The molecule has 1 aromatic carbocycles. The summed E-state index contributed by atoms with van der Waals surface area (Å²) in [4.78, 5) is 0.309. The standard InChI is InChI=1S/C11H14ClNOS/c1-2-3-6-14-10-5-4-8(12)7-9(10)11(13)15/h4-5,7H,2-3,6H2,1H3,(H2,13,15). The molecule has 1 aromatic rings. The summed E-state index contributed by atoms with van der Waals surface area (Å²) in [6.45, 7) is 2.79. The molecule has 2 N–H and O–H groups in total. The van der Waals surface area contributed by atoms with E-state index in [1.54, 1.807) is 18.2 Å². The Morgan fingerprint density at radius 3 is 2.87 bits per heavy atom. The number of thiocarbonyl (C=S) groups is 1. The number of benzene rings is 1. The van der Waals surface area contributed by atoms with Crippen LogP contribution in [0.25, 0.3) is 0 Å². The third-order valence-corrected chi connectivity index (χ3v) is 2.42. The molecule has 0 fully saturated rings. The summed E-state index contributed by atoms with van der Waals surface area (Å²) in [7, 11) is 0. The lowest BCUT2D eigenvalue weighted by Gasteiger charge is -2.10. The van der Waals surface area contributed by atoms with E-state index in [1.165, 1.54) is 0 Å². The van der Waals surface area contributed by atoms with Gasteiger partial charge < -0.3 is 10.5 Å². The molecule has 0 amide bonds. The maximum Gasteiger partial charge on any atom is 0.129 e. The van der Waals surface area contributed by atoms with Crippen LogP contribution in [0.15, 0.2) is 18.2 Å². The van der Waals surface area contributed by atoms with Gasteiger partial charge in [0, 0.05) is 5.02 Å². The second kappa shape index (κ2) is 5.93. The van der Waals surface area contributed by atoms with Gasteiger partial charge in [-0.1, -0.05) is 37.2 Å². The van der Waals surface area contributed by atoms with Crippen LogP contribution in [0.1, 0.15) is 25.3 Å². The van der Waals surface area contributed by atoms with Gasteiger partial charge in [-0.15, -0.1) is 0 Å². The zero-order chi connectivity index (χ0) is 11.3. The van der Waals surface area contributed by atoms with Crippen molar-refractivity contribution in [3.05, 3.63) is 28.8 Å². The predicted octanol–water partition coefficient (Wildman–Crippen LogP) is 3.15. The van der Waals surface area contributed by atoms with Crippen LogP contribution in [0.5, 0.6) is 5.75 Å². The summed E-state index contributed by atoms with van der Waals surface area (Å²) < 4.78 is 5.57. The Kier molecular flexibility index (Phi) is 4.85. The lowest BCUT2D eigenvalue weighted by molar-refractivity contribution is 0.309. The Labute approximate surface area is 100 Å². The highest BCUT2D eigenvalue weighted by Gasteiger charge is 2.06. The largest absolute Gasteiger partial charge is 0.493 e. The van der Waals surface area contributed by atoms with Gasteiger partial charge in [0.2, 0.25) is 0 Å². The number of hydrogen-bond donors (Lipinski definition) is 1. The molecule has 0 saturated carbocycles. The van der Waals surface area contributed by atoms with Gasteiger partial charge in [0.25, 0.3) is 0 Å². The van der Waals surface area contributed by atoms with Crippen LogP contribution in [0, 0.1) is 0 Å². The first-order chi connectivity index (χ1) is 7.15.